The Morgan fingerprint density at radius 1 is 1.12 bits per heavy atom. The van der Waals surface area contributed by atoms with Crippen molar-refractivity contribution in [1.82, 2.24) is 9.29 Å². The summed E-state index contributed by atoms with van der Waals surface area (Å²) in [4.78, 5) is 6.04. The lowest BCUT2D eigenvalue weighted by Gasteiger charge is -2.42. The lowest BCUT2D eigenvalue weighted by atomic mass is 9.95. The van der Waals surface area contributed by atoms with Crippen molar-refractivity contribution in [2.24, 2.45) is 0 Å². The van der Waals surface area contributed by atoms with E-state index in [0.717, 1.165) is 5.56 Å². The molecule has 2 atom stereocenters. The fourth-order valence-corrected chi connectivity index (χ4v) is 6.70. The maximum absolute atomic E-state index is 13.2. The van der Waals surface area contributed by atoms with Crippen molar-refractivity contribution in [2.75, 3.05) is 31.2 Å². The Morgan fingerprint density at radius 2 is 1.82 bits per heavy atom. The average Bonchev–Trinajstić information content (AvgIpc) is 3.40. The molecule has 2 unspecified atom stereocenters. The molecule has 11 heteroatoms. The Kier molecular flexibility index (Phi) is 7.27. The molecule has 6 nitrogen and oxygen atoms in total. The molecule has 0 saturated carbocycles. The highest BCUT2D eigenvalue weighted by molar-refractivity contribution is 7.91. The summed E-state index contributed by atoms with van der Waals surface area (Å²) in [5.41, 5.74) is -1.42. The number of hydrogen-bond donors (Lipinski definition) is 1. The fourth-order valence-electron chi connectivity index (χ4n) is 4.09. The van der Waals surface area contributed by atoms with Crippen LogP contribution in [0.2, 0.25) is 0 Å². The molecule has 182 valence electrons. The molecular weight excluding hydrogens is 487 g/mol. The van der Waals surface area contributed by atoms with Gasteiger partial charge in [0.15, 0.2) is 5.60 Å². The molecule has 0 bridgehead atoms. The lowest BCUT2D eigenvalue weighted by Crippen LogP contribution is -2.55. The van der Waals surface area contributed by atoms with Gasteiger partial charge in [-0.2, -0.15) is 4.31 Å². The van der Waals surface area contributed by atoms with Gasteiger partial charge in [0.2, 0.25) is 0 Å². The Labute approximate surface area is 200 Å². The Bertz CT molecular complexity index is 1180. The summed E-state index contributed by atoms with van der Waals surface area (Å²) in [5.74, 6) is 0. The van der Waals surface area contributed by atoms with Crippen LogP contribution in [0.1, 0.15) is 11.1 Å². The number of piperazine rings is 1. The largest absolute Gasteiger partial charge is 0.377 e. The smallest absolute Gasteiger partial charge is 0.273 e. The van der Waals surface area contributed by atoms with Crippen LogP contribution in [0.25, 0.3) is 0 Å². The number of thiophene rings is 1. The number of pyridine rings is 1. The molecule has 3 aromatic rings. The number of benzene rings is 1. The average molecular weight is 512 g/mol. The van der Waals surface area contributed by atoms with Crippen LogP contribution in [0.15, 0.2) is 70.5 Å². The highest BCUT2D eigenvalue weighted by Crippen LogP contribution is 2.32. The standard InChI is InChI=1S/C23H24F3N3O3S2/c24-16-23(30,22(25)26)18-3-5-19(6-4-18)29-12-11-28(34(31,32)21-2-1-13-33-21)15-20(29)14-17-7-9-27-10-8-17/h1-10,13,20,22,30H,11-12,14-16H2. The van der Waals surface area contributed by atoms with E-state index in [-0.39, 0.29) is 28.9 Å². The molecule has 2 aromatic heterocycles. The van der Waals surface area contributed by atoms with Gasteiger partial charge < -0.3 is 10.0 Å². The minimum Gasteiger partial charge on any atom is -0.377 e. The van der Waals surface area contributed by atoms with Gasteiger partial charge in [-0.05, 0) is 53.3 Å². The van der Waals surface area contributed by atoms with Crippen molar-refractivity contribution >= 4 is 27.0 Å². The first kappa shape index (κ1) is 24.6. The molecule has 34 heavy (non-hydrogen) atoms. The summed E-state index contributed by atoms with van der Waals surface area (Å²) in [6, 6.07) is 12.4. The second-order valence-electron chi connectivity index (χ2n) is 8.11. The molecule has 1 N–H and O–H groups in total. The molecule has 1 saturated heterocycles. The number of anilines is 1. The number of aromatic nitrogens is 1. The minimum absolute atomic E-state index is 0.210. The van der Waals surface area contributed by atoms with E-state index in [4.69, 9.17) is 0 Å². The van der Waals surface area contributed by atoms with Crippen molar-refractivity contribution in [1.29, 1.82) is 0 Å². The molecule has 1 aliphatic rings. The van der Waals surface area contributed by atoms with Crippen LogP contribution in [0.4, 0.5) is 18.9 Å². The first-order valence-corrected chi connectivity index (χ1v) is 12.9. The van der Waals surface area contributed by atoms with Crippen LogP contribution in [0, 0.1) is 0 Å². The number of hydrogen-bond acceptors (Lipinski definition) is 6. The van der Waals surface area contributed by atoms with Gasteiger partial charge in [-0.3, -0.25) is 4.98 Å². The second-order valence-corrected chi connectivity index (χ2v) is 11.2. The zero-order valence-corrected chi connectivity index (χ0v) is 19.7. The first-order valence-electron chi connectivity index (χ1n) is 10.6. The molecular formula is C23H24F3N3O3S2. The predicted octanol–water partition coefficient (Wildman–Crippen LogP) is 3.69. The first-order chi connectivity index (χ1) is 16.3. The maximum Gasteiger partial charge on any atom is 0.273 e. The normalized spacial score (nSPS) is 19.3. The van der Waals surface area contributed by atoms with E-state index >= 15 is 0 Å². The van der Waals surface area contributed by atoms with E-state index in [9.17, 15) is 26.7 Å². The number of alkyl halides is 3. The molecule has 1 aromatic carbocycles. The van der Waals surface area contributed by atoms with Crippen molar-refractivity contribution in [2.45, 2.75) is 28.7 Å². The number of rotatable bonds is 8. The van der Waals surface area contributed by atoms with Gasteiger partial charge in [-0.1, -0.05) is 18.2 Å². The van der Waals surface area contributed by atoms with Crippen LogP contribution in [0.5, 0.6) is 0 Å². The van der Waals surface area contributed by atoms with Crippen LogP contribution < -0.4 is 4.90 Å². The van der Waals surface area contributed by atoms with Crippen LogP contribution in [-0.2, 0) is 22.0 Å². The number of halogens is 3. The molecule has 0 radical (unpaired) electrons. The van der Waals surface area contributed by atoms with E-state index in [1.54, 1.807) is 42.0 Å². The molecule has 1 fully saturated rings. The molecule has 0 aliphatic carbocycles. The van der Waals surface area contributed by atoms with Crippen molar-refractivity contribution in [3.63, 3.8) is 0 Å². The van der Waals surface area contributed by atoms with Crippen molar-refractivity contribution in [3.8, 4) is 0 Å². The molecule has 3 heterocycles. The second kappa shape index (κ2) is 10.0. The van der Waals surface area contributed by atoms with Gasteiger partial charge in [-0.15, -0.1) is 11.3 Å². The Hall–Kier alpha value is -2.47. The third kappa shape index (κ3) is 4.83. The van der Waals surface area contributed by atoms with E-state index in [0.29, 0.717) is 18.7 Å². The third-order valence-electron chi connectivity index (χ3n) is 6.02. The number of nitrogens with zero attached hydrogens (tertiary/aromatic N) is 3. The highest BCUT2D eigenvalue weighted by atomic mass is 32.2. The summed E-state index contributed by atoms with van der Waals surface area (Å²) in [5, 5.41) is 11.7. The third-order valence-corrected chi connectivity index (χ3v) is 9.26. The van der Waals surface area contributed by atoms with Crippen LogP contribution in [-0.4, -0.2) is 61.6 Å². The molecule has 0 amide bonds. The van der Waals surface area contributed by atoms with Crippen molar-refractivity contribution in [3.05, 3.63) is 77.4 Å². The topological polar surface area (TPSA) is 73.7 Å². The van der Waals surface area contributed by atoms with Crippen LogP contribution >= 0.6 is 11.3 Å². The zero-order valence-electron chi connectivity index (χ0n) is 18.1. The monoisotopic (exact) mass is 511 g/mol. The van der Waals surface area contributed by atoms with E-state index in [2.05, 4.69) is 4.98 Å². The fraction of sp³-hybridized carbons (Fsp3) is 0.348. The molecule has 1 aliphatic heterocycles. The Balaban J connectivity index is 1.62. The quantitative estimate of drug-likeness (QED) is 0.500. The van der Waals surface area contributed by atoms with E-state index < -0.39 is 28.7 Å². The SMILES string of the molecule is O=S(=O)(c1cccs1)N1CCN(c2ccc(C(O)(CF)C(F)F)cc2)C(Cc2ccncc2)C1. The van der Waals surface area contributed by atoms with E-state index in [1.165, 1.54) is 27.8 Å². The van der Waals surface area contributed by atoms with Crippen molar-refractivity contribution < 1.29 is 26.7 Å². The molecule has 0 spiro atoms. The number of sulfonamides is 1. The van der Waals surface area contributed by atoms with E-state index in [1.807, 2.05) is 17.0 Å². The molecule has 4 rings (SSSR count). The van der Waals surface area contributed by atoms with Gasteiger partial charge in [0.05, 0.1) is 0 Å². The zero-order chi connectivity index (χ0) is 24.3. The van der Waals surface area contributed by atoms with Gasteiger partial charge in [0.1, 0.15) is 10.9 Å². The number of aliphatic hydroxyl groups is 1. The maximum atomic E-state index is 13.2. The van der Waals surface area contributed by atoms with Gasteiger partial charge in [0, 0.05) is 43.8 Å². The highest BCUT2D eigenvalue weighted by Gasteiger charge is 2.40. The summed E-state index contributed by atoms with van der Waals surface area (Å²) in [6.07, 6.45) is 0.597. The lowest BCUT2D eigenvalue weighted by molar-refractivity contribution is -0.114. The minimum atomic E-state index is -3.63. The summed E-state index contributed by atoms with van der Waals surface area (Å²) < 4.78 is 67.6. The summed E-state index contributed by atoms with van der Waals surface area (Å²) in [7, 11) is -3.63. The predicted molar refractivity (Wildman–Crippen MR) is 124 cm³/mol. The van der Waals surface area contributed by atoms with Gasteiger partial charge in [-0.25, -0.2) is 21.6 Å². The van der Waals surface area contributed by atoms with Crippen LogP contribution in [0.3, 0.4) is 0 Å². The Morgan fingerprint density at radius 3 is 2.41 bits per heavy atom. The van der Waals surface area contributed by atoms with Gasteiger partial charge in [0.25, 0.3) is 16.4 Å². The van der Waals surface area contributed by atoms with Gasteiger partial charge >= 0.3 is 0 Å². The summed E-state index contributed by atoms with van der Waals surface area (Å²) >= 11 is 1.17. The summed E-state index contributed by atoms with van der Waals surface area (Å²) in [6.45, 7) is -0.744.